The molecule has 4 nitrogen and oxygen atoms in total. The molecule has 0 saturated heterocycles. The summed E-state index contributed by atoms with van der Waals surface area (Å²) in [4.78, 5) is 12.1. The molecule has 0 rings (SSSR count). The Kier molecular flexibility index (Phi) is 6.62. The van der Waals surface area contributed by atoms with Crippen LogP contribution in [-0.2, 0) is 4.79 Å². The quantitative estimate of drug-likeness (QED) is 0.739. The van der Waals surface area contributed by atoms with Gasteiger partial charge in [-0.3, -0.25) is 9.69 Å². The topological polar surface area (TPSA) is 52.6 Å². The van der Waals surface area contributed by atoms with Crippen molar-refractivity contribution in [2.24, 2.45) is 0 Å². The number of hydrogen-bond donors (Lipinski definition) is 2. The first-order valence-corrected chi connectivity index (χ1v) is 5.82. The molecule has 0 fully saturated rings. The fourth-order valence-corrected chi connectivity index (χ4v) is 1.53. The van der Waals surface area contributed by atoms with Crippen LogP contribution in [0.15, 0.2) is 0 Å². The van der Waals surface area contributed by atoms with Crippen LogP contribution in [0.4, 0.5) is 13.2 Å². The van der Waals surface area contributed by atoms with Gasteiger partial charge in [-0.15, -0.1) is 0 Å². The molecule has 0 amide bonds. The fraction of sp³-hybridized carbons (Fsp3) is 0.909. The lowest BCUT2D eigenvalue weighted by Gasteiger charge is -2.30. The number of halogens is 3. The molecule has 0 saturated carbocycles. The second-order valence-corrected chi connectivity index (χ2v) is 4.85. The van der Waals surface area contributed by atoms with E-state index in [4.69, 9.17) is 5.11 Å². The highest BCUT2D eigenvalue weighted by Crippen LogP contribution is 2.18. The van der Waals surface area contributed by atoms with E-state index in [9.17, 15) is 18.0 Å². The number of rotatable bonds is 7. The molecule has 0 aliphatic carbocycles. The minimum atomic E-state index is -4.33. The van der Waals surface area contributed by atoms with E-state index in [1.807, 2.05) is 0 Å². The zero-order valence-corrected chi connectivity index (χ0v) is 11.1. The van der Waals surface area contributed by atoms with Gasteiger partial charge in [0, 0.05) is 18.6 Å². The molecule has 18 heavy (non-hydrogen) atoms. The molecule has 0 aromatic rings. The molecule has 0 aromatic heterocycles. The number of hydrogen-bond acceptors (Lipinski definition) is 3. The molecular weight excluding hydrogens is 249 g/mol. The minimum Gasteiger partial charge on any atom is -0.480 e. The maximum Gasteiger partial charge on any atom is 0.401 e. The van der Waals surface area contributed by atoms with Gasteiger partial charge in [-0.25, -0.2) is 0 Å². The summed E-state index contributed by atoms with van der Waals surface area (Å²) in [6.07, 6.45) is -4.33. The highest BCUT2D eigenvalue weighted by molar-refractivity contribution is 5.73. The number of alkyl halides is 3. The van der Waals surface area contributed by atoms with Gasteiger partial charge in [0.1, 0.15) is 6.04 Å². The van der Waals surface area contributed by atoms with Crippen molar-refractivity contribution in [1.29, 1.82) is 0 Å². The van der Waals surface area contributed by atoms with Crippen LogP contribution in [0.1, 0.15) is 27.7 Å². The van der Waals surface area contributed by atoms with Crippen molar-refractivity contribution >= 4 is 5.97 Å². The van der Waals surface area contributed by atoms with E-state index in [1.165, 1.54) is 0 Å². The molecule has 108 valence electrons. The van der Waals surface area contributed by atoms with Gasteiger partial charge in [0.25, 0.3) is 0 Å². The second-order valence-electron chi connectivity index (χ2n) is 4.85. The molecule has 1 unspecified atom stereocenters. The fourth-order valence-electron chi connectivity index (χ4n) is 1.53. The summed E-state index contributed by atoms with van der Waals surface area (Å²) in [6, 6.07) is -1.48. The number of nitrogens with zero attached hydrogens (tertiary/aromatic N) is 1. The molecule has 1 atom stereocenters. The van der Waals surface area contributed by atoms with Crippen molar-refractivity contribution in [3.05, 3.63) is 0 Å². The number of nitrogens with one attached hydrogen (secondary N) is 1. The normalized spacial score (nSPS) is 14.6. The SMILES string of the molecule is CC(C)NC(CN(CC(F)(F)F)C(C)C)C(=O)O. The molecule has 2 N–H and O–H groups in total. The molecule has 0 aliphatic rings. The average molecular weight is 270 g/mol. The van der Waals surface area contributed by atoms with Crippen LogP contribution in [0.2, 0.25) is 0 Å². The molecular formula is C11H21F3N2O2. The van der Waals surface area contributed by atoms with Gasteiger partial charge in [-0.05, 0) is 13.8 Å². The first kappa shape index (κ1) is 17.2. The molecule has 0 aliphatic heterocycles. The van der Waals surface area contributed by atoms with Gasteiger partial charge in [0.2, 0.25) is 0 Å². The summed E-state index contributed by atoms with van der Waals surface area (Å²) < 4.78 is 37.1. The highest BCUT2D eigenvalue weighted by atomic mass is 19.4. The Hall–Kier alpha value is -0.820. The van der Waals surface area contributed by atoms with Gasteiger partial charge in [-0.2, -0.15) is 13.2 Å². The van der Waals surface area contributed by atoms with Crippen molar-refractivity contribution in [3.8, 4) is 0 Å². The summed E-state index contributed by atoms with van der Waals surface area (Å²) in [5.74, 6) is -1.14. The Morgan fingerprint density at radius 3 is 2.06 bits per heavy atom. The maximum atomic E-state index is 12.4. The van der Waals surface area contributed by atoms with Gasteiger partial charge >= 0.3 is 12.1 Å². The van der Waals surface area contributed by atoms with E-state index in [0.29, 0.717) is 0 Å². The first-order valence-electron chi connectivity index (χ1n) is 5.82. The van der Waals surface area contributed by atoms with Gasteiger partial charge in [-0.1, -0.05) is 13.8 Å². The molecule has 0 spiro atoms. The maximum absolute atomic E-state index is 12.4. The highest BCUT2D eigenvalue weighted by Gasteiger charge is 2.34. The number of aliphatic carboxylic acids is 1. The summed E-state index contributed by atoms with van der Waals surface area (Å²) in [5.41, 5.74) is 0. The Labute approximate surface area is 105 Å². The Morgan fingerprint density at radius 1 is 1.28 bits per heavy atom. The molecule has 0 radical (unpaired) electrons. The van der Waals surface area contributed by atoms with Crippen molar-refractivity contribution in [1.82, 2.24) is 10.2 Å². The first-order chi connectivity index (χ1) is 8.03. The Morgan fingerprint density at radius 2 is 1.78 bits per heavy atom. The van der Waals surface area contributed by atoms with Crippen LogP contribution >= 0.6 is 0 Å². The minimum absolute atomic E-state index is 0.106. The summed E-state index contributed by atoms with van der Waals surface area (Å²) in [7, 11) is 0. The van der Waals surface area contributed by atoms with E-state index in [-0.39, 0.29) is 18.6 Å². The lowest BCUT2D eigenvalue weighted by atomic mass is 10.2. The number of carbonyl (C=O) groups is 1. The average Bonchev–Trinajstić information content (AvgIpc) is 2.12. The van der Waals surface area contributed by atoms with Gasteiger partial charge in [0.05, 0.1) is 6.54 Å². The van der Waals surface area contributed by atoms with E-state index in [2.05, 4.69) is 5.32 Å². The Balaban J connectivity index is 4.66. The summed E-state index contributed by atoms with van der Waals surface area (Å²) in [5, 5.41) is 11.7. The van der Waals surface area contributed by atoms with Crippen molar-refractivity contribution < 1.29 is 23.1 Å². The van der Waals surface area contributed by atoms with E-state index < -0.39 is 24.7 Å². The van der Waals surface area contributed by atoms with Crippen LogP contribution < -0.4 is 5.32 Å². The third-order valence-electron chi connectivity index (χ3n) is 2.36. The third kappa shape index (κ3) is 7.50. The lowest BCUT2D eigenvalue weighted by Crippen LogP contribution is -2.52. The predicted octanol–water partition coefficient (Wildman–Crippen LogP) is 1.71. The monoisotopic (exact) mass is 270 g/mol. The molecule has 0 bridgehead atoms. The lowest BCUT2D eigenvalue weighted by molar-refractivity contribution is -0.154. The van der Waals surface area contributed by atoms with Crippen molar-refractivity contribution in [2.75, 3.05) is 13.1 Å². The predicted molar refractivity (Wildman–Crippen MR) is 62.5 cm³/mol. The Bertz CT molecular complexity index is 268. The summed E-state index contributed by atoms with van der Waals surface area (Å²) >= 11 is 0. The van der Waals surface area contributed by atoms with Crippen LogP contribution in [-0.4, -0.2) is 53.4 Å². The molecule has 7 heteroatoms. The third-order valence-corrected chi connectivity index (χ3v) is 2.36. The molecule has 0 aromatic carbocycles. The van der Waals surface area contributed by atoms with Crippen LogP contribution in [0.3, 0.4) is 0 Å². The van der Waals surface area contributed by atoms with E-state index in [1.54, 1.807) is 27.7 Å². The van der Waals surface area contributed by atoms with Gasteiger partial charge < -0.3 is 10.4 Å². The van der Waals surface area contributed by atoms with Crippen LogP contribution in [0, 0.1) is 0 Å². The summed E-state index contributed by atoms with van der Waals surface area (Å²) in [6.45, 7) is 5.44. The zero-order valence-electron chi connectivity index (χ0n) is 11.1. The van der Waals surface area contributed by atoms with Crippen LogP contribution in [0.25, 0.3) is 0 Å². The second kappa shape index (κ2) is 6.94. The standard InChI is InChI=1S/C11H21F3N2O2/c1-7(2)15-9(10(17)18)5-16(8(3)4)6-11(12,13)14/h7-9,15H,5-6H2,1-4H3,(H,17,18). The van der Waals surface area contributed by atoms with Crippen LogP contribution in [0.5, 0.6) is 0 Å². The van der Waals surface area contributed by atoms with Gasteiger partial charge in [0.15, 0.2) is 0 Å². The van der Waals surface area contributed by atoms with E-state index in [0.717, 1.165) is 4.90 Å². The largest absolute Gasteiger partial charge is 0.480 e. The van der Waals surface area contributed by atoms with Crippen molar-refractivity contribution in [3.63, 3.8) is 0 Å². The van der Waals surface area contributed by atoms with Crippen molar-refractivity contribution in [2.45, 2.75) is 52.0 Å². The zero-order chi connectivity index (χ0) is 14.5. The number of carboxylic acids is 1. The smallest absolute Gasteiger partial charge is 0.401 e. The molecule has 0 heterocycles. The number of carboxylic acid groups (broad SMARTS) is 1. The van der Waals surface area contributed by atoms with E-state index >= 15 is 0 Å².